The summed E-state index contributed by atoms with van der Waals surface area (Å²) in [6.07, 6.45) is 0.349. The predicted octanol–water partition coefficient (Wildman–Crippen LogP) is 5.27. The van der Waals surface area contributed by atoms with Crippen molar-refractivity contribution in [3.05, 3.63) is 68.7 Å². The third-order valence-corrected chi connectivity index (χ3v) is 4.33. The number of benzene rings is 2. The van der Waals surface area contributed by atoms with E-state index in [1.54, 1.807) is 18.2 Å². The van der Waals surface area contributed by atoms with Gasteiger partial charge in [-0.15, -0.1) is 0 Å². The highest BCUT2D eigenvalue weighted by atomic mass is 79.9. The molecule has 0 aliphatic rings. The van der Waals surface area contributed by atoms with E-state index in [1.165, 1.54) is 18.2 Å². The van der Waals surface area contributed by atoms with Gasteiger partial charge in [0.15, 0.2) is 0 Å². The van der Waals surface area contributed by atoms with Gasteiger partial charge in [-0.05, 0) is 48.9 Å². The molecule has 2 aromatic rings. The molecule has 112 valence electrons. The van der Waals surface area contributed by atoms with Crippen LogP contribution in [0.5, 0.6) is 0 Å². The van der Waals surface area contributed by atoms with Crippen molar-refractivity contribution in [2.45, 2.75) is 19.4 Å². The first-order chi connectivity index (χ1) is 10.0. The van der Waals surface area contributed by atoms with E-state index in [1.807, 2.05) is 6.92 Å². The molecule has 0 saturated carbocycles. The Hall–Kier alpha value is -0.970. The summed E-state index contributed by atoms with van der Waals surface area (Å²) >= 11 is 9.50. The summed E-state index contributed by atoms with van der Waals surface area (Å²) in [5.41, 5.74) is 1.18. The average Bonchev–Trinajstić information content (AvgIpc) is 2.44. The van der Waals surface area contributed by atoms with Crippen LogP contribution in [0.25, 0.3) is 0 Å². The average molecular weight is 375 g/mol. The fourth-order valence-electron chi connectivity index (χ4n) is 2.25. The molecule has 0 bridgehead atoms. The summed E-state index contributed by atoms with van der Waals surface area (Å²) in [6, 6.07) is 8.86. The van der Waals surface area contributed by atoms with Crippen molar-refractivity contribution in [2.24, 2.45) is 0 Å². The summed E-state index contributed by atoms with van der Waals surface area (Å²) in [6.45, 7) is 2.63. The molecule has 0 aliphatic heterocycles. The van der Waals surface area contributed by atoms with Crippen LogP contribution in [0.1, 0.15) is 24.1 Å². The fourth-order valence-corrected chi connectivity index (χ4v) is 3.01. The molecule has 1 nitrogen and oxygen atoms in total. The second kappa shape index (κ2) is 7.34. The Balaban J connectivity index is 2.38. The van der Waals surface area contributed by atoms with Crippen LogP contribution in [-0.4, -0.2) is 6.54 Å². The third kappa shape index (κ3) is 4.02. The molecule has 0 heterocycles. The molecule has 1 N–H and O–H groups in total. The maximum atomic E-state index is 13.9. The molecule has 1 atom stereocenters. The van der Waals surface area contributed by atoms with Gasteiger partial charge in [-0.3, -0.25) is 0 Å². The van der Waals surface area contributed by atoms with Crippen LogP contribution in [0.3, 0.4) is 0 Å². The third-order valence-electron chi connectivity index (χ3n) is 3.25. The summed E-state index contributed by atoms with van der Waals surface area (Å²) in [4.78, 5) is 0. The Bertz CT molecular complexity index is 613. The fraction of sp³-hybridized carbons (Fsp3) is 0.250. The van der Waals surface area contributed by atoms with Crippen molar-refractivity contribution < 1.29 is 8.78 Å². The normalized spacial score (nSPS) is 12.4. The summed E-state index contributed by atoms with van der Waals surface area (Å²) in [5, 5.41) is 3.63. The van der Waals surface area contributed by atoms with Gasteiger partial charge in [0.25, 0.3) is 0 Å². The Morgan fingerprint density at radius 3 is 2.67 bits per heavy atom. The van der Waals surface area contributed by atoms with Gasteiger partial charge in [-0.25, -0.2) is 8.78 Å². The van der Waals surface area contributed by atoms with Gasteiger partial charge < -0.3 is 5.32 Å². The van der Waals surface area contributed by atoms with Crippen molar-refractivity contribution in [1.29, 1.82) is 0 Å². The number of hydrogen-bond donors (Lipinski definition) is 1. The van der Waals surface area contributed by atoms with Crippen molar-refractivity contribution in [1.82, 2.24) is 5.32 Å². The van der Waals surface area contributed by atoms with Gasteiger partial charge in [0, 0.05) is 21.1 Å². The zero-order chi connectivity index (χ0) is 15.4. The molecule has 0 fully saturated rings. The van der Waals surface area contributed by atoms with E-state index in [0.29, 0.717) is 23.6 Å². The zero-order valence-corrected chi connectivity index (χ0v) is 13.8. The first kappa shape index (κ1) is 16.4. The van der Waals surface area contributed by atoms with E-state index in [-0.39, 0.29) is 17.7 Å². The highest BCUT2D eigenvalue weighted by Crippen LogP contribution is 2.30. The van der Waals surface area contributed by atoms with E-state index in [4.69, 9.17) is 11.6 Å². The molecule has 2 aromatic carbocycles. The van der Waals surface area contributed by atoms with Crippen molar-refractivity contribution in [3.63, 3.8) is 0 Å². The molecule has 21 heavy (non-hydrogen) atoms. The molecule has 0 spiro atoms. The van der Waals surface area contributed by atoms with E-state index in [2.05, 4.69) is 21.2 Å². The minimum absolute atomic E-state index is 0.227. The van der Waals surface area contributed by atoms with Crippen LogP contribution in [0.2, 0.25) is 5.02 Å². The molecule has 5 heteroatoms. The summed E-state index contributed by atoms with van der Waals surface area (Å²) in [7, 11) is 0. The smallest absolute Gasteiger partial charge is 0.127 e. The number of nitrogens with one attached hydrogen (secondary N) is 1. The van der Waals surface area contributed by atoms with Gasteiger partial charge in [0.05, 0.1) is 0 Å². The van der Waals surface area contributed by atoms with Crippen LogP contribution in [0, 0.1) is 11.6 Å². The molecule has 1 unspecified atom stereocenters. The maximum absolute atomic E-state index is 13.9. The SMILES string of the molecule is CCNC(Cc1c(F)cccc1Cl)c1cc(F)ccc1Br. The van der Waals surface area contributed by atoms with Crippen molar-refractivity contribution >= 4 is 27.5 Å². The van der Waals surface area contributed by atoms with Crippen LogP contribution in [0.4, 0.5) is 8.78 Å². The first-order valence-corrected chi connectivity index (χ1v) is 7.81. The summed E-state index contributed by atoms with van der Waals surface area (Å²) < 4.78 is 28.2. The van der Waals surface area contributed by atoms with Gasteiger partial charge in [0.2, 0.25) is 0 Å². The van der Waals surface area contributed by atoms with Gasteiger partial charge in [0.1, 0.15) is 11.6 Å². The largest absolute Gasteiger partial charge is 0.310 e. The number of halogens is 4. The Kier molecular flexibility index (Phi) is 5.73. The molecule has 0 aliphatic carbocycles. The molecule has 0 amide bonds. The Labute approximate surface area is 136 Å². The molecular weight excluding hydrogens is 360 g/mol. The van der Waals surface area contributed by atoms with Crippen LogP contribution < -0.4 is 5.32 Å². The maximum Gasteiger partial charge on any atom is 0.127 e. The predicted molar refractivity (Wildman–Crippen MR) is 85.6 cm³/mol. The highest BCUT2D eigenvalue weighted by Gasteiger charge is 2.18. The summed E-state index contributed by atoms with van der Waals surface area (Å²) in [5.74, 6) is -0.673. The topological polar surface area (TPSA) is 12.0 Å². The Morgan fingerprint density at radius 2 is 2.00 bits per heavy atom. The lowest BCUT2D eigenvalue weighted by molar-refractivity contribution is 0.522. The van der Waals surface area contributed by atoms with E-state index in [9.17, 15) is 8.78 Å². The van der Waals surface area contributed by atoms with Crippen LogP contribution in [-0.2, 0) is 6.42 Å². The van der Waals surface area contributed by atoms with Crippen LogP contribution in [0.15, 0.2) is 40.9 Å². The number of hydrogen-bond acceptors (Lipinski definition) is 1. The second-order valence-corrected chi connectivity index (χ2v) is 5.94. The molecule has 2 rings (SSSR count). The Morgan fingerprint density at radius 1 is 1.24 bits per heavy atom. The molecule has 0 saturated heterocycles. The minimum Gasteiger partial charge on any atom is -0.310 e. The van der Waals surface area contributed by atoms with E-state index < -0.39 is 0 Å². The monoisotopic (exact) mass is 373 g/mol. The second-order valence-electron chi connectivity index (χ2n) is 4.68. The zero-order valence-electron chi connectivity index (χ0n) is 11.5. The van der Waals surface area contributed by atoms with Gasteiger partial charge >= 0.3 is 0 Å². The number of likely N-dealkylation sites (N-methyl/N-ethyl adjacent to an activating group) is 1. The quantitative estimate of drug-likeness (QED) is 0.751. The highest BCUT2D eigenvalue weighted by molar-refractivity contribution is 9.10. The minimum atomic E-state index is -0.349. The molecule has 0 aromatic heterocycles. The lowest BCUT2D eigenvalue weighted by Gasteiger charge is -2.21. The standard InChI is InChI=1S/C16H15BrClF2N/c1-2-21-16(11-8-10(19)6-7-13(11)17)9-12-14(18)4-3-5-15(12)20/h3-8,16,21H,2,9H2,1H3. The lowest BCUT2D eigenvalue weighted by Crippen LogP contribution is -2.24. The van der Waals surface area contributed by atoms with E-state index in [0.717, 1.165) is 10.0 Å². The van der Waals surface area contributed by atoms with Crippen molar-refractivity contribution in [3.8, 4) is 0 Å². The number of rotatable bonds is 5. The van der Waals surface area contributed by atoms with Crippen LogP contribution >= 0.6 is 27.5 Å². The van der Waals surface area contributed by atoms with E-state index >= 15 is 0 Å². The lowest BCUT2D eigenvalue weighted by atomic mass is 9.98. The van der Waals surface area contributed by atoms with Gasteiger partial charge in [-0.1, -0.05) is 40.5 Å². The molecular formula is C16H15BrClF2N. The first-order valence-electron chi connectivity index (χ1n) is 6.64. The van der Waals surface area contributed by atoms with Gasteiger partial charge in [-0.2, -0.15) is 0 Å². The molecule has 0 radical (unpaired) electrons. The van der Waals surface area contributed by atoms with Crippen molar-refractivity contribution in [2.75, 3.05) is 6.54 Å².